The predicted molar refractivity (Wildman–Crippen MR) is 115 cm³/mol. The molecule has 0 radical (unpaired) electrons. The lowest BCUT2D eigenvalue weighted by molar-refractivity contribution is 0.0893. The number of nitrogens with one attached hydrogen (secondary N) is 2. The number of benzene rings is 1. The summed E-state index contributed by atoms with van der Waals surface area (Å²) in [6.45, 7) is 6.86. The van der Waals surface area contributed by atoms with Gasteiger partial charge in [0.25, 0.3) is 0 Å². The summed E-state index contributed by atoms with van der Waals surface area (Å²) < 4.78 is 16.6. The third-order valence-electron chi connectivity index (χ3n) is 4.99. The van der Waals surface area contributed by atoms with Crippen LogP contribution in [0.25, 0.3) is 0 Å². The lowest BCUT2D eigenvalue weighted by Gasteiger charge is -2.18. The van der Waals surface area contributed by atoms with Crippen molar-refractivity contribution < 1.29 is 13.9 Å². The normalized spacial score (nSPS) is 18.0. The van der Waals surface area contributed by atoms with Crippen molar-refractivity contribution in [3.05, 3.63) is 60.1 Å². The van der Waals surface area contributed by atoms with E-state index in [0.29, 0.717) is 5.92 Å². The third-order valence-corrected chi connectivity index (χ3v) is 4.99. The van der Waals surface area contributed by atoms with E-state index in [4.69, 9.17) is 18.9 Å². The van der Waals surface area contributed by atoms with Crippen LogP contribution in [0.1, 0.15) is 37.1 Å². The Kier molecular flexibility index (Phi) is 9.07. The van der Waals surface area contributed by atoms with Crippen molar-refractivity contribution in [3.63, 3.8) is 0 Å². The van der Waals surface area contributed by atoms with Crippen molar-refractivity contribution in [2.45, 2.75) is 32.2 Å². The highest BCUT2D eigenvalue weighted by Crippen LogP contribution is 2.12. The first kappa shape index (κ1) is 21.4. The molecule has 1 saturated heterocycles. The Morgan fingerprint density at radius 1 is 1.24 bits per heavy atom. The second-order valence-electron chi connectivity index (χ2n) is 7.42. The number of ether oxygens (including phenoxy) is 2. The van der Waals surface area contributed by atoms with Crippen LogP contribution in [-0.4, -0.2) is 45.5 Å². The second-order valence-corrected chi connectivity index (χ2v) is 7.42. The highest BCUT2D eigenvalue weighted by molar-refractivity contribution is 5.80. The first-order chi connectivity index (χ1) is 14.3. The first-order valence-electron chi connectivity index (χ1n) is 10.6. The van der Waals surface area contributed by atoms with Gasteiger partial charge in [-0.05, 0) is 37.5 Å². The van der Waals surface area contributed by atoms with Gasteiger partial charge in [-0.25, -0.2) is 0 Å². The van der Waals surface area contributed by atoms with E-state index in [1.807, 2.05) is 18.2 Å². The van der Waals surface area contributed by atoms with Crippen molar-refractivity contribution in [3.8, 4) is 0 Å². The molecule has 0 bridgehead atoms. The highest BCUT2D eigenvalue weighted by Gasteiger charge is 2.15. The molecule has 1 fully saturated rings. The molecule has 1 aliphatic heterocycles. The second kappa shape index (κ2) is 12.3. The van der Waals surface area contributed by atoms with Crippen LogP contribution < -0.4 is 10.6 Å². The summed E-state index contributed by atoms with van der Waals surface area (Å²) in [6.07, 6.45) is 4.54. The molecule has 0 spiro atoms. The third kappa shape index (κ3) is 7.91. The molecule has 2 unspecified atom stereocenters. The minimum atomic E-state index is 0.171. The lowest BCUT2D eigenvalue weighted by atomic mass is 10.1. The maximum absolute atomic E-state index is 5.78. The average molecular weight is 400 g/mol. The highest BCUT2D eigenvalue weighted by atomic mass is 16.5. The number of hydrogen-bond donors (Lipinski definition) is 2. The predicted octanol–water partition coefficient (Wildman–Crippen LogP) is 3.56. The van der Waals surface area contributed by atoms with E-state index in [1.165, 1.54) is 5.56 Å². The zero-order valence-corrected chi connectivity index (χ0v) is 17.3. The van der Waals surface area contributed by atoms with Gasteiger partial charge in [0, 0.05) is 38.6 Å². The molecule has 1 aromatic heterocycles. The molecule has 2 N–H and O–H groups in total. The van der Waals surface area contributed by atoms with Crippen molar-refractivity contribution in [1.29, 1.82) is 0 Å². The molecule has 3 rings (SSSR count). The molecule has 0 aliphatic carbocycles. The van der Waals surface area contributed by atoms with Crippen LogP contribution in [0.2, 0.25) is 0 Å². The summed E-state index contributed by atoms with van der Waals surface area (Å²) in [5.41, 5.74) is 1.23. The maximum Gasteiger partial charge on any atom is 0.191 e. The van der Waals surface area contributed by atoms with E-state index in [1.54, 1.807) is 6.26 Å². The Labute approximate surface area is 173 Å². The number of nitrogens with zero attached hydrogens (tertiary/aromatic N) is 1. The van der Waals surface area contributed by atoms with Crippen molar-refractivity contribution in [2.24, 2.45) is 10.9 Å². The summed E-state index contributed by atoms with van der Waals surface area (Å²) in [7, 11) is 0. The quantitative estimate of drug-likeness (QED) is 0.344. The molecule has 2 atom stereocenters. The van der Waals surface area contributed by atoms with Crippen LogP contribution in [0.15, 0.2) is 58.1 Å². The van der Waals surface area contributed by atoms with Gasteiger partial charge in [-0.15, -0.1) is 0 Å². The standard InChI is InChI=1S/C23H33N3O3/c1-19(21-7-3-2-4-8-21)26-23(25-13-10-22-9-5-15-29-22)24-12-6-14-27-17-20-11-16-28-18-20/h2-5,7-9,15,19-20H,6,10-14,16-18H2,1H3,(H2,24,25,26). The van der Waals surface area contributed by atoms with Gasteiger partial charge in [-0.1, -0.05) is 30.3 Å². The van der Waals surface area contributed by atoms with E-state index in [9.17, 15) is 0 Å². The fourth-order valence-electron chi connectivity index (χ4n) is 3.26. The summed E-state index contributed by atoms with van der Waals surface area (Å²) in [5.74, 6) is 2.35. The van der Waals surface area contributed by atoms with Gasteiger partial charge in [-0.3, -0.25) is 4.99 Å². The number of furan rings is 1. The van der Waals surface area contributed by atoms with Gasteiger partial charge in [0.15, 0.2) is 5.96 Å². The SMILES string of the molecule is CC(NC(=NCCCOCC1CCOC1)NCCc1ccco1)c1ccccc1. The topological polar surface area (TPSA) is 68.0 Å². The number of rotatable bonds is 11. The van der Waals surface area contributed by atoms with Gasteiger partial charge in [0.2, 0.25) is 0 Å². The molecule has 2 heterocycles. The maximum atomic E-state index is 5.78. The van der Waals surface area contributed by atoms with Crippen LogP contribution in [0.5, 0.6) is 0 Å². The Bertz CT molecular complexity index is 697. The smallest absolute Gasteiger partial charge is 0.191 e. The summed E-state index contributed by atoms with van der Waals surface area (Å²) >= 11 is 0. The summed E-state index contributed by atoms with van der Waals surface area (Å²) in [6, 6.07) is 14.5. The van der Waals surface area contributed by atoms with Gasteiger partial charge < -0.3 is 24.5 Å². The molecule has 1 aromatic carbocycles. The van der Waals surface area contributed by atoms with E-state index in [0.717, 1.165) is 70.5 Å². The molecule has 0 amide bonds. The Hall–Kier alpha value is -2.31. The molecule has 2 aromatic rings. The van der Waals surface area contributed by atoms with Crippen LogP contribution in [-0.2, 0) is 15.9 Å². The van der Waals surface area contributed by atoms with Crippen molar-refractivity contribution in [2.75, 3.05) is 39.5 Å². The van der Waals surface area contributed by atoms with Crippen LogP contribution >= 0.6 is 0 Å². The minimum absolute atomic E-state index is 0.171. The lowest BCUT2D eigenvalue weighted by Crippen LogP contribution is -2.40. The molecular formula is C23H33N3O3. The number of hydrogen-bond acceptors (Lipinski definition) is 4. The molecule has 6 nitrogen and oxygen atoms in total. The van der Waals surface area contributed by atoms with Crippen LogP contribution in [0, 0.1) is 5.92 Å². The molecule has 158 valence electrons. The number of guanidine groups is 1. The fraction of sp³-hybridized carbons (Fsp3) is 0.522. The van der Waals surface area contributed by atoms with E-state index in [2.05, 4.69) is 41.8 Å². The van der Waals surface area contributed by atoms with Gasteiger partial charge in [0.1, 0.15) is 5.76 Å². The molecule has 6 heteroatoms. The summed E-state index contributed by atoms with van der Waals surface area (Å²) in [5, 5.41) is 6.92. The minimum Gasteiger partial charge on any atom is -0.469 e. The van der Waals surface area contributed by atoms with Crippen molar-refractivity contribution >= 4 is 5.96 Å². The largest absolute Gasteiger partial charge is 0.469 e. The van der Waals surface area contributed by atoms with Crippen LogP contribution in [0.4, 0.5) is 0 Å². The van der Waals surface area contributed by atoms with E-state index in [-0.39, 0.29) is 6.04 Å². The molecule has 1 aliphatic rings. The molecule has 0 saturated carbocycles. The molecular weight excluding hydrogens is 366 g/mol. The monoisotopic (exact) mass is 399 g/mol. The van der Waals surface area contributed by atoms with E-state index < -0.39 is 0 Å². The van der Waals surface area contributed by atoms with Gasteiger partial charge in [-0.2, -0.15) is 0 Å². The molecule has 29 heavy (non-hydrogen) atoms. The van der Waals surface area contributed by atoms with Gasteiger partial charge >= 0.3 is 0 Å². The fourth-order valence-corrected chi connectivity index (χ4v) is 3.26. The summed E-state index contributed by atoms with van der Waals surface area (Å²) in [4.78, 5) is 4.74. The Morgan fingerprint density at radius 2 is 2.14 bits per heavy atom. The number of aliphatic imine (C=N–C) groups is 1. The zero-order valence-electron chi connectivity index (χ0n) is 17.3. The van der Waals surface area contributed by atoms with Crippen molar-refractivity contribution in [1.82, 2.24) is 10.6 Å². The Morgan fingerprint density at radius 3 is 2.90 bits per heavy atom. The van der Waals surface area contributed by atoms with Gasteiger partial charge in [0.05, 0.1) is 25.5 Å². The van der Waals surface area contributed by atoms with E-state index >= 15 is 0 Å². The van der Waals surface area contributed by atoms with Crippen LogP contribution in [0.3, 0.4) is 0 Å². The zero-order chi connectivity index (χ0) is 20.2. The first-order valence-corrected chi connectivity index (χ1v) is 10.6. The average Bonchev–Trinajstić information content (AvgIpc) is 3.45. The Balaban J connectivity index is 1.43.